The zero-order chi connectivity index (χ0) is 24.2. The van der Waals surface area contributed by atoms with E-state index in [4.69, 9.17) is 14.2 Å². The van der Waals surface area contributed by atoms with Crippen LogP contribution in [0, 0.1) is 6.92 Å². The highest BCUT2D eigenvalue weighted by Crippen LogP contribution is 2.35. The van der Waals surface area contributed by atoms with Crippen molar-refractivity contribution < 1.29 is 19.0 Å². The van der Waals surface area contributed by atoms with Gasteiger partial charge in [0.05, 0.1) is 29.6 Å². The monoisotopic (exact) mass is 484 g/mol. The van der Waals surface area contributed by atoms with Gasteiger partial charge in [0.1, 0.15) is 11.4 Å². The number of nitrogens with zero attached hydrogens (tertiary/aromatic N) is 3. The van der Waals surface area contributed by atoms with Crippen molar-refractivity contribution in [1.29, 1.82) is 0 Å². The van der Waals surface area contributed by atoms with Crippen LogP contribution in [0.25, 0.3) is 10.2 Å². The van der Waals surface area contributed by atoms with Crippen molar-refractivity contribution in [1.82, 2.24) is 20.2 Å². The molecule has 1 aromatic carbocycles. The van der Waals surface area contributed by atoms with Gasteiger partial charge in [0.15, 0.2) is 5.82 Å². The maximum atomic E-state index is 13.0. The molecule has 3 aromatic rings. The first kappa shape index (κ1) is 24.5. The van der Waals surface area contributed by atoms with Crippen LogP contribution >= 0.6 is 11.3 Å². The van der Waals surface area contributed by atoms with E-state index in [0.717, 1.165) is 41.0 Å². The fourth-order valence-corrected chi connectivity index (χ4v) is 5.51. The lowest BCUT2D eigenvalue weighted by Crippen LogP contribution is -2.44. The summed E-state index contributed by atoms with van der Waals surface area (Å²) in [5, 5.41) is 3.81. The van der Waals surface area contributed by atoms with Crippen molar-refractivity contribution >= 4 is 27.5 Å². The smallest absolute Gasteiger partial charge is 0.261 e. The number of methoxy groups -OCH3 is 2. The second kappa shape index (κ2) is 10.8. The molecule has 8 nitrogen and oxygen atoms in total. The molecule has 9 heteroatoms. The van der Waals surface area contributed by atoms with Gasteiger partial charge in [0.2, 0.25) is 5.88 Å². The summed E-state index contributed by atoms with van der Waals surface area (Å²) >= 11 is 1.34. The topological polar surface area (TPSA) is 85.8 Å². The van der Waals surface area contributed by atoms with Gasteiger partial charge in [-0.2, -0.15) is 4.98 Å². The number of fused-ring (bicyclic) bond motifs is 1. The van der Waals surface area contributed by atoms with Gasteiger partial charge in [-0.3, -0.25) is 9.69 Å². The molecule has 2 atom stereocenters. The van der Waals surface area contributed by atoms with E-state index in [1.165, 1.54) is 16.9 Å². The Hall–Kier alpha value is -2.59. The minimum absolute atomic E-state index is 0.129. The Balaban J connectivity index is 1.41. The minimum atomic E-state index is -0.129. The SMILES string of the molecule is COCc1nc(OC)c2c(C)c(C(=O)NCc3ccc(CN4CC(C)OC(C)C4)cc3)sc2n1. The number of benzene rings is 1. The molecule has 0 radical (unpaired) electrons. The molecule has 0 aliphatic carbocycles. The van der Waals surface area contributed by atoms with Gasteiger partial charge in [-0.1, -0.05) is 24.3 Å². The fourth-order valence-electron chi connectivity index (χ4n) is 4.40. The van der Waals surface area contributed by atoms with Crippen molar-refractivity contribution in [3.05, 3.63) is 51.7 Å². The first-order valence-electron chi connectivity index (χ1n) is 11.4. The Kier molecular flexibility index (Phi) is 7.77. The maximum Gasteiger partial charge on any atom is 0.261 e. The van der Waals surface area contributed by atoms with E-state index in [9.17, 15) is 4.79 Å². The molecule has 1 aliphatic rings. The zero-order valence-electron chi connectivity index (χ0n) is 20.4. The largest absolute Gasteiger partial charge is 0.480 e. The highest BCUT2D eigenvalue weighted by Gasteiger charge is 2.23. The summed E-state index contributed by atoms with van der Waals surface area (Å²) in [4.78, 5) is 25.7. The highest BCUT2D eigenvalue weighted by atomic mass is 32.1. The zero-order valence-corrected chi connectivity index (χ0v) is 21.2. The number of carbonyl (C=O) groups is 1. The number of rotatable bonds is 8. The van der Waals surface area contributed by atoms with Crippen LogP contribution in [-0.2, 0) is 29.2 Å². The number of hydrogen-bond donors (Lipinski definition) is 1. The Morgan fingerprint density at radius 3 is 2.47 bits per heavy atom. The molecule has 1 N–H and O–H groups in total. The lowest BCUT2D eigenvalue weighted by atomic mass is 10.1. The molecule has 0 bridgehead atoms. The predicted octanol–water partition coefficient (Wildman–Crippen LogP) is 3.69. The molecule has 1 fully saturated rings. The summed E-state index contributed by atoms with van der Waals surface area (Å²) in [6.07, 6.45) is 0.515. The first-order chi connectivity index (χ1) is 16.4. The minimum Gasteiger partial charge on any atom is -0.480 e. The van der Waals surface area contributed by atoms with E-state index in [1.807, 2.05) is 6.92 Å². The molecule has 1 saturated heterocycles. The van der Waals surface area contributed by atoms with E-state index >= 15 is 0 Å². The van der Waals surface area contributed by atoms with Crippen LogP contribution in [-0.4, -0.2) is 60.3 Å². The standard InChI is InChI=1S/C25H32N4O4S/c1-15-11-29(12-16(2)33-15)13-19-8-6-18(7-9-19)10-26-23(30)22-17(3)21-24(32-5)27-20(14-31-4)28-25(21)34-22/h6-9,15-16H,10-14H2,1-5H3,(H,26,30). The predicted molar refractivity (Wildman–Crippen MR) is 132 cm³/mol. The number of ether oxygens (including phenoxy) is 3. The van der Waals surface area contributed by atoms with E-state index in [-0.39, 0.29) is 24.7 Å². The summed E-state index contributed by atoms with van der Waals surface area (Å²) in [5.41, 5.74) is 3.14. The molecule has 0 spiro atoms. The third kappa shape index (κ3) is 5.55. The molecule has 1 amide bonds. The van der Waals surface area contributed by atoms with E-state index in [0.29, 0.717) is 23.1 Å². The highest BCUT2D eigenvalue weighted by molar-refractivity contribution is 7.20. The van der Waals surface area contributed by atoms with Gasteiger partial charge in [-0.05, 0) is 37.5 Å². The number of thiophene rings is 1. The quantitative estimate of drug-likeness (QED) is 0.522. The Morgan fingerprint density at radius 1 is 1.15 bits per heavy atom. The van der Waals surface area contributed by atoms with Crippen LogP contribution in [0.5, 0.6) is 5.88 Å². The number of hydrogen-bond acceptors (Lipinski definition) is 8. The van der Waals surface area contributed by atoms with Gasteiger partial charge >= 0.3 is 0 Å². The Labute approximate surface area is 204 Å². The normalized spacial score (nSPS) is 18.9. The van der Waals surface area contributed by atoms with Crippen molar-refractivity contribution in [2.75, 3.05) is 27.3 Å². The average molecular weight is 485 g/mol. The van der Waals surface area contributed by atoms with Gasteiger partial charge < -0.3 is 19.5 Å². The van der Waals surface area contributed by atoms with Crippen LogP contribution < -0.4 is 10.1 Å². The third-order valence-corrected chi connectivity index (χ3v) is 7.04. The second-order valence-electron chi connectivity index (χ2n) is 8.77. The van der Waals surface area contributed by atoms with Crippen molar-refractivity contribution in [2.45, 2.75) is 52.7 Å². The molecule has 34 heavy (non-hydrogen) atoms. The average Bonchev–Trinajstić information content (AvgIpc) is 3.14. The molecule has 3 heterocycles. The lowest BCUT2D eigenvalue weighted by Gasteiger charge is -2.35. The maximum absolute atomic E-state index is 13.0. The summed E-state index contributed by atoms with van der Waals surface area (Å²) in [6.45, 7) is 9.66. The lowest BCUT2D eigenvalue weighted by molar-refractivity contribution is -0.0704. The van der Waals surface area contributed by atoms with Crippen molar-refractivity contribution in [3.8, 4) is 5.88 Å². The molecular weight excluding hydrogens is 452 g/mol. The number of morpholine rings is 1. The summed E-state index contributed by atoms with van der Waals surface area (Å²) in [5.74, 6) is 0.863. The van der Waals surface area contributed by atoms with Gasteiger partial charge in [-0.25, -0.2) is 4.98 Å². The Morgan fingerprint density at radius 2 is 1.82 bits per heavy atom. The van der Waals surface area contributed by atoms with E-state index in [2.05, 4.69) is 58.3 Å². The van der Waals surface area contributed by atoms with Crippen LogP contribution in [0.3, 0.4) is 0 Å². The third-order valence-electron chi connectivity index (χ3n) is 5.85. The van der Waals surface area contributed by atoms with Gasteiger partial charge in [-0.15, -0.1) is 11.3 Å². The summed E-state index contributed by atoms with van der Waals surface area (Å²) in [7, 11) is 3.16. The molecule has 0 saturated carbocycles. The van der Waals surface area contributed by atoms with Crippen LogP contribution in [0.2, 0.25) is 0 Å². The molecule has 2 aromatic heterocycles. The number of amides is 1. The molecule has 2 unspecified atom stereocenters. The number of nitrogens with one attached hydrogen (secondary N) is 1. The van der Waals surface area contributed by atoms with E-state index in [1.54, 1.807) is 14.2 Å². The number of aryl methyl sites for hydroxylation is 1. The first-order valence-corrected chi connectivity index (χ1v) is 12.3. The number of carbonyl (C=O) groups excluding carboxylic acids is 1. The van der Waals surface area contributed by atoms with Crippen LogP contribution in [0.1, 0.15) is 46.0 Å². The summed E-state index contributed by atoms with van der Waals surface area (Å²) in [6, 6.07) is 8.42. The van der Waals surface area contributed by atoms with Gasteiger partial charge in [0.25, 0.3) is 5.91 Å². The van der Waals surface area contributed by atoms with Gasteiger partial charge in [0, 0.05) is 33.3 Å². The molecule has 4 rings (SSSR count). The molecule has 182 valence electrons. The fraction of sp³-hybridized carbons (Fsp3) is 0.480. The second-order valence-corrected chi connectivity index (χ2v) is 9.77. The Bertz CT molecular complexity index is 1140. The summed E-state index contributed by atoms with van der Waals surface area (Å²) < 4.78 is 16.4. The van der Waals surface area contributed by atoms with E-state index < -0.39 is 0 Å². The van der Waals surface area contributed by atoms with Crippen LogP contribution in [0.4, 0.5) is 0 Å². The van der Waals surface area contributed by atoms with Crippen LogP contribution in [0.15, 0.2) is 24.3 Å². The molecule has 1 aliphatic heterocycles. The van der Waals surface area contributed by atoms with Crippen molar-refractivity contribution in [2.24, 2.45) is 0 Å². The van der Waals surface area contributed by atoms with Crippen molar-refractivity contribution in [3.63, 3.8) is 0 Å². The number of aromatic nitrogens is 2. The molecular formula is C25H32N4O4S.